The monoisotopic (exact) mass is 300 g/mol. The van der Waals surface area contributed by atoms with Gasteiger partial charge in [-0.1, -0.05) is 11.6 Å². The van der Waals surface area contributed by atoms with Gasteiger partial charge in [-0.2, -0.15) is 0 Å². The first-order valence-electron chi connectivity index (χ1n) is 6.19. The first-order chi connectivity index (χ1) is 9.65. The second kappa shape index (κ2) is 6.78. The van der Waals surface area contributed by atoms with E-state index in [2.05, 4.69) is 10.6 Å². The predicted octanol–water partition coefficient (Wildman–Crippen LogP) is 1.28. The van der Waals surface area contributed by atoms with Gasteiger partial charge in [0.05, 0.1) is 38.1 Å². The molecule has 1 aliphatic heterocycles. The summed E-state index contributed by atoms with van der Waals surface area (Å²) in [4.78, 5) is 12.1. The Balaban J connectivity index is 2.13. The first kappa shape index (κ1) is 14.9. The zero-order chi connectivity index (χ0) is 14.5. The van der Waals surface area contributed by atoms with Gasteiger partial charge in [0.15, 0.2) is 11.5 Å². The largest absolute Gasteiger partial charge is 0.493 e. The Labute approximate surface area is 122 Å². The van der Waals surface area contributed by atoms with Crippen LogP contribution in [-0.4, -0.2) is 45.9 Å². The molecule has 2 rings (SSSR count). The molecule has 0 spiro atoms. The van der Waals surface area contributed by atoms with Crippen LogP contribution < -0.4 is 20.1 Å². The molecule has 0 aliphatic carbocycles. The number of rotatable bonds is 4. The molecule has 20 heavy (non-hydrogen) atoms. The Bertz CT molecular complexity index is 490. The van der Waals surface area contributed by atoms with E-state index in [1.165, 1.54) is 14.2 Å². The number of carbonyl (C=O) groups excluding carboxylic acids is 1. The fourth-order valence-corrected chi connectivity index (χ4v) is 2.10. The van der Waals surface area contributed by atoms with E-state index >= 15 is 0 Å². The maximum atomic E-state index is 12.1. The van der Waals surface area contributed by atoms with Crippen molar-refractivity contribution in [2.75, 3.05) is 39.3 Å². The van der Waals surface area contributed by atoms with Crippen LogP contribution in [0.1, 0.15) is 0 Å². The van der Waals surface area contributed by atoms with Gasteiger partial charge in [-0.05, 0) is 0 Å². The summed E-state index contributed by atoms with van der Waals surface area (Å²) in [5.74, 6) is 0.813. The van der Waals surface area contributed by atoms with Gasteiger partial charge >= 0.3 is 0 Å². The number of ether oxygens (including phenoxy) is 3. The van der Waals surface area contributed by atoms with Crippen LogP contribution in [0.25, 0.3) is 0 Å². The van der Waals surface area contributed by atoms with Gasteiger partial charge in [0, 0.05) is 18.7 Å². The summed E-state index contributed by atoms with van der Waals surface area (Å²) >= 11 is 6.12. The summed E-state index contributed by atoms with van der Waals surface area (Å²) in [6, 6.07) is 2.84. The van der Waals surface area contributed by atoms with Crippen LogP contribution in [-0.2, 0) is 9.53 Å². The molecule has 6 nitrogen and oxygen atoms in total. The van der Waals surface area contributed by atoms with Gasteiger partial charge in [0.25, 0.3) is 0 Å². The third-order valence-corrected chi connectivity index (χ3v) is 3.28. The number of morpholine rings is 1. The van der Waals surface area contributed by atoms with Gasteiger partial charge < -0.3 is 24.8 Å². The SMILES string of the molecule is COc1cc(Cl)c(NC(=O)C2COCCN2)cc1OC. The first-order valence-corrected chi connectivity index (χ1v) is 6.57. The van der Waals surface area contributed by atoms with Crippen molar-refractivity contribution in [2.45, 2.75) is 6.04 Å². The van der Waals surface area contributed by atoms with Crippen molar-refractivity contribution >= 4 is 23.2 Å². The van der Waals surface area contributed by atoms with Crippen molar-refractivity contribution in [2.24, 2.45) is 0 Å². The molecule has 1 aromatic carbocycles. The normalized spacial score (nSPS) is 18.4. The Hall–Kier alpha value is -1.50. The van der Waals surface area contributed by atoms with Crippen LogP contribution in [0.4, 0.5) is 5.69 Å². The predicted molar refractivity (Wildman–Crippen MR) is 75.8 cm³/mol. The number of hydrogen-bond acceptors (Lipinski definition) is 5. The lowest BCUT2D eigenvalue weighted by molar-refractivity contribution is -0.120. The maximum absolute atomic E-state index is 12.1. The number of halogens is 1. The van der Waals surface area contributed by atoms with E-state index in [1.807, 2.05) is 0 Å². The van der Waals surface area contributed by atoms with Gasteiger partial charge in [0.2, 0.25) is 5.91 Å². The summed E-state index contributed by atoms with van der Waals surface area (Å²) in [5.41, 5.74) is 0.474. The van der Waals surface area contributed by atoms with Crippen LogP contribution in [0, 0.1) is 0 Å². The topological polar surface area (TPSA) is 68.8 Å². The summed E-state index contributed by atoms with van der Waals surface area (Å²) in [7, 11) is 3.05. The van der Waals surface area contributed by atoms with Crippen molar-refractivity contribution in [3.05, 3.63) is 17.2 Å². The highest BCUT2D eigenvalue weighted by atomic mass is 35.5. The standard InChI is InChI=1S/C13H17ClN2O4/c1-18-11-5-8(14)9(6-12(11)19-2)16-13(17)10-7-20-4-3-15-10/h5-6,10,15H,3-4,7H2,1-2H3,(H,16,17). The number of hydrogen-bond donors (Lipinski definition) is 2. The van der Waals surface area contributed by atoms with Crippen LogP contribution in [0.15, 0.2) is 12.1 Å². The fraction of sp³-hybridized carbons (Fsp3) is 0.462. The Morgan fingerprint density at radius 2 is 2.10 bits per heavy atom. The van der Waals surface area contributed by atoms with Crippen molar-refractivity contribution in [3.8, 4) is 11.5 Å². The Morgan fingerprint density at radius 3 is 2.70 bits per heavy atom. The smallest absolute Gasteiger partial charge is 0.243 e. The molecule has 110 valence electrons. The molecule has 0 aromatic heterocycles. The minimum Gasteiger partial charge on any atom is -0.493 e. The van der Waals surface area contributed by atoms with Crippen molar-refractivity contribution in [1.29, 1.82) is 0 Å². The lowest BCUT2D eigenvalue weighted by Gasteiger charge is -2.23. The fourth-order valence-electron chi connectivity index (χ4n) is 1.90. The average Bonchev–Trinajstić information content (AvgIpc) is 2.49. The number of carbonyl (C=O) groups is 1. The molecule has 1 unspecified atom stereocenters. The molecule has 1 aromatic rings. The zero-order valence-electron chi connectivity index (χ0n) is 11.4. The van der Waals surface area contributed by atoms with Crippen LogP contribution in [0.5, 0.6) is 11.5 Å². The molecular weight excluding hydrogens is 284 g/mol. The van der Waals surface area contributed by atoms with E-state index in [1.54, 1.807) is 12.1 Å². The number of methoxy groups -OCH3 is 2. The molecule has 1 heterocycles. The van der Waals surface area contributed by atoms with Crippen molar-refractivity contribution in [1.82, 2.24) is 5.32 Å². The third-order valence-electron chi connectivity index (χ3n) is 2.97. The van der Waals surface area contributed by atoms with Crippen LogP contribution in [0.3, 0.4) is 0 Å². The van der Waals surface area contributed by atoms with E-state index < -0.39 is 0 Å². The molecule has 1 saturated heterocycles. The quantitative estimate of drug-likeness (QED) is 0.877. The van der Waals surface area contributed by atoms with Crippen LogP contribution in [0.2, 0.25) is 5.02 Å². The molecule has 1 fully saturated rings. The van der Waals surface area contributed by atoms with Gasteiger partial charge in [-0.25, -0.2) is 0 Å². The third kappa shape index (κ3) is 3.33. The lowest BCUT2D eigenvalue weighted by Crippen LogP contribution is -2.48. The number of nitrogens with one attached hydrogen (secondary N) is 2. The zero-order valence-corrected chi connectivity index (χ0v) is 12.1. The molecule has 7 heteroatoms. The molecule has 0 bridgehead atoms. The second-order valence-electron chi connectivity index (χ2n) is 4.26. The molecule has 1 aliphatic rings. The van der Waals surface area contributed by atoms with E-state index in [9.17, 15) is 4.79 Å². The number of anilines is 1. The Kier molecular flexibility index (Phi) is 5.05. The van der Waals surface area contributed by atoms with E-state index in [0.29, 0.717) is 42.0 Å². The minimum absolute atomic E-state index is 0.196. The Morgan fingerprint density at radius 1 is 1.40 bits per heavy atom. The highest BCUT2D eigenvalue weighted by Crippen LogP contribution is 2.36. The van der Waals surface area contributed by atoms with Gasteiger partial charge in [-0.3, -0.25) is 4.79 Å². The lowest BCUT2D eigenvalue weighted by atomic mass is 10.2. The summed E-state index contributed by atoms with van der Waals surface area (Å²) in [5, 5.41) is 6.21. The molecule has 2 N–H and O–H groups in total. The summed E-state index contributed by atoms with van der Waals surface area (Å²) in [6.45, 7) is 1.61. The van der Waals surface area contributed by atoms with E-state index in [-0.39, 0.29) is 11.9 Å². The van der Waals surface area contributed by atoms with E-state index in [0.717, 1.165) is 0 Å². The van der Waals surface area contributed by atoms with Crippen LogP contribution >= 0.6 is 11.6 Å². The van der Waals surface area contributed by atoms with Crippen molar-refractivity contribution in [3.63, 3.8) is 0 Å². The molecule has 1 amide bonds. The number of benzene rings is 1. The second-order valence-corrected chi connectivity index (χ2v) is 4.67. The summed E-state index contributed by atoms with van der Waals surface area (Å²) in [6.07, 6.45) is 0. The van der Waals surface area contributed by atoms with E-state index in [4.69, 9.17) is 25.8 Å². The minimum atomic E-state index is -0.382. The van der Waals surface area contributed by atoms with Gasteiger partial charge in [-0.15, -0.1) is 0 Å². The average molecular weight is 301 g/mol. The molecule has 0 saturated carbocycles. The highest BCUT2D eigenvalue weighted by Gasteiger charge is 2.22. The number of amides is 1. The highest BCUT2D eigenvalue weighted by molar-refractivity contribution is 6.34. The van der Waals surface area contributed by atoms with Gasteiger partial charge in [0.1, 0.15) is 6.04 Å². The molecule has 0 radical (unpaired) electrons. The molecular formula is C13H17ClN2O4. The maximum Gasteiger partial charge on any atom is 0.243 e. The van der Waals surface area contributed by atoms with Crippen molar-refractivity contribution < 1.29 is 19.0 Å². The molecule has 1 atom stereocenters. The summed E-state index contributed by atoms with van der Waals surface area (Å²) < 4.78 is 15.6.